The molecule has 0 aliphatic rings. The predicted molar refractivity (Wildman–Crippen MR) is 73.5 cm³/mol. The zero-order valence-electron chi connectivity index (χ0n) is 10.9. The molecule has 0 fully saturated rings. The lowest BCUT2D eigenvalue weighted by Crippen LogP contribution is -2.24. The summed E-state index contributed by atoms with van der Waals surface area (Å²) in [5, 5.41) is 1.80. The van der Waals surface area contributed by atoms with Crippen LogP contribution in [0.25, 0.3) is 10.8 Å². The van der Waals surface area contributed by atoms with Crippen LogP contribution in [0, 0.1) is 0 Å². The normalized spacial score (nSPS) is 11.5. The molecule has 0 aliphatic carbocycles. The van der Waals surface area contributed by atoms with Crippen LogP contribution in [0.1, 0.15) is 31.1 Å². The molecule has 2 aromatic rings. The van der Waals surface area contributed by atoms with Crippen molar-refractivity contribution in [2.45, 2.75) is 26.4 Å². The summed E-state index contributed by atoms with van der Waals surface area (Å²) in [7, 11) is 0. The van der Waals surface area contributed by atoms with Gasteiger partial charge in [0.05, 0.1) is 5.56 Å². The fourth-order valence-electron chi connectivity index (χ4n) is 1.84. The summed E-state index contributed by atoms with van der Waals surface area (Å²) in [6.45, 7) is 5.54. The summed E-state index contributed by atoms with van der Waals surface area (Å²) in [4.78, 5) is 12.1. The second-order valence-corrected chi connectivity index (χ2v) is 5.29. The van der Waals surface area contributed by atoms with Gasteiger partial charge in [-0.25, -0.2) is 4.79 Å². The third-order valence-corrected chi connectivity index (χ3v) is 2.50. The second-order valence-electron chi connectivity index (χ2n) is 5.29. The first-order chi connectivity index (χ1) is 8.37. The van der Waals surface area contributed by atoms with E-state index < -0.39 is 5.60 Å². The van der Waals surface area contributed by atoms with E-state index in [1.54, 1.807) is 6.07 Å². The van der Waals surface area contributed by atoms with Crippen molar-refractivity contribution in [3.8, 4) is 0 Å². The van der Waals surface area contributed by atoms with Crippen LogP contribution >= 0.6 is 0 Å². The molecule has 2 aromatic carbocycles. The summed E-state index contributed by atoms with van der Waals surface area (Å²) < 4.78 is 5.39. The molecule has 2 rings (SSSR count). The number of esters is 1. The van der Waals surface area contributed by atoms with Gasteiger partial charge in [-0.2, -0.15) is 0 Å². The minimum absolute atomic E-state index is 0.342. The second kappa shape index (κ2) is 4.33. The number of carbonyl (C=O) groups is 1. The number of fused-ring (bicyclic) bond motifs is 1. The molecule has 0 atom stereocenters. The van der Waals surface area contributed by atoms with E-state index in [0.29, 0.717) is 11.3 Å². The summed E-state index contributed by atoms with van der Waals surface area (Å²) in [6, 6.07) is 11.2. The predicted octanol–water partition coefficient (Wildman–Crippen LogP) is 3.38. The van der Waals surface area contributed by atoms with Crippen molar-refractivity contribution in [2.75, 3.05) is 5.73 Å². The topological polar surface area (TPSA) is 52.3 Å². The van der Waals surface area contributed by atoms with Gasteiger partial charge in [0.15, 0.2) is 0 Å². The Morgan fingerprint density at radius 1 is 1.17 bits per heavy atom. The fraction of sp³-hybridized carbons (Fsp3) is 0.267. The number of rotatable bonds is 1. The minimum Gasteiger partial charge on any atom is -0.456 e. The van der Waals surface area contributed by atoms with Crippen LogP contribution < -0.4 is 5.73 Å². The van der Waals surface area contributed by atoms with Gasteiger partial charge in [-0.05, 0) is 43.7 Å². The molecule has 0 radical (unpaired) electrons. The van der Waals surface area contributed by atoms with Crippen molar-refractivity contribution in [1.29, 1.82) is 0 Å². The summed E-state index contributed by atoms with van der Waals surface area (Å²) in [6.07, 6.45) is 0. The third kappa shape index (κ3) is 2.62. The minimum atomic E-state index is -0.511. The van der Waals surface area contributed by atoms with Gasteiger partial charge in [0, 0.05) is 5.69 Å². The molecule has 0 amide bonds. The molecule has 0 aromatic heterocycles. The molecule has 0 saturated carbocycles. The van der Waals surface area contributed by atoms with Crippen molar-refractivity contribution >= 4 is 22.4 Å². The van der Waals surface area contributed by atoms with Crippen molar-refractivity contribution in [1.82, 2.24) is 0 Å². The highest BCUT2D eigenvalue weighted by Crippen LogP contribution is 2.24. The Morgan fingerprint density at radius 3 is 2.50 bits per heavy atom. The van der Waals surface area contributed by atoms with E-state index in [4.69, 9.17) is 10.5 Å². The Balaban J connectivity index is 2.53. The molecule has 0 heterocycles. The van der Waals surface area contributed by atoms with Crippen LogP contribution in [-0.2, 0) is 4.74 Å². The number of hydrogen-bond donors (Lipinski definition) is 1. The molecule has 2 N–H and O–H groups in total. The number of nitrogens with two attached hydrogens (primary N) is 1. The maximum Gasteiger partial charge on any atom is 0.339 e. The molecule has 3 heteroatoms. The summed E-state index contributed by atoms with van der Waals surface area (Å²) >= 11 is 0. The van der Waals surface area contributed by atoms with E-state index in [9.17, 15) is 4.79 Å². The van der Waals surface area contributed by atoms with E-state index in [1.807, 2.05) is 51.1 Å². The van der Waals surface area contributed by atoms with Gasteiger partial charge in [0.2, 0.25) is 0 Å². The van der Waals surface area contributed by atoms with Crippen LogP contribution in [0.4, 0.5) is 5.69 Å². The van der Waals surface area contributed by atoms with E-state index in [0.717, 1.165) is 10.8 Å². The summed E-state index contributed by atoms with van der Waals surface area (Å²) in [5.74, 6) is -0.342. The first kappa shape index (κ1) is 12.4. The van der Waals surface area contributed by atoms with E-state index in [2.05, 4.69) is 0 Å². The average Bonchev–Trinajstić information content (AvgIpc) is 2.25. The van der Waals surface area contributed by atoms with Crippen LogP contribution in [0.3, 0.4) is 0 Å². The Bertz CT molecular complexity index is 597. The SMILES string of the molecule is CC(C)(C)OC(=O)c1cc(N)cc2ccccc12. The first-order valence-electron chi connectivity index (χ1n) is 5.88. The van der Waals surface area contributed by atoms with Gasteiger partial charge in [0.1, 0.15) is 5.60 Å². The highest BCUT2D eigenvalue weighted by molar-refractivity contribution is 6.06. The standard InChI is InChI=1S/C15H17NO2/c1-15(2,3)18-14(17)13-9-11(16)8-10-6-4-5-7-12(10)13/h4-9H,16H2,1-3H3. The lowest BCUT2D eigenvalue weighted by atomic mass is 10.0. The maximum absolute atomic E-state index is 12.1. The largest absolute Gasteiger partial charge is 0.456 e. The number of nitrogen functional groups attached to an aromatic ring is 1. The van der Waals surface area contributed by atoms with Crippen molar-refractivity contribution in [2.24, 2.45) is 0 Å². The van der Waals surface area contributed by atoms with Crippen LogP contribution in [0.2, 0.25) is 0 Å². The van der Waals surface area contributed by atoms with Crippen molar-refractivity contribution in [3.63, 3.8) is 0 Å². The summed E-state index contributed by atoms with van der Waals surface area (Å²) in [5.41, 5.74) is 6.39. The van der Waals surface area contributed by atoms with Crippen LogP contribution in [-0.4, -0.2) is 11.6 Å². The quantitative estimate of drug-likeness (QED) is 0.617. The van der Waals surface area contributed by atoms with Gasteiger partial charge < -0.3 is 10.5 Å². The molecule has 0 saturated heterocycles. The molecule has 18 heavy (non-hydrogen) atoms. The maximum atomic E-state index is 12.1. The molecule has 0 unspecified atom stereocenters. The van der Waals surface area contributed by atoms with Gasteiger partial charge in [0.25, 0.3) is 0 Å². The van der Waals surface area contributed by atoms with Gasteiger partial charge in [-0.15, -0.1) is 0 Å². The molecule has 0 spiro atoms. The monoisotopic (exact) mass is 243 g/mol. The van der Waals surface area contributed by atoms with Gasteiger partial charge >= 0.3 is 5.97 Å². The van der Waals surface area contributed by atoms with E-state index in [1.165, 1.54) is 0 Å². The van der Waals surface area contributed by atoms with Gasteiger partial charge in [-0.1, -0.05) is 24.3 Å². The Kier molecular flexibility index (Phi) is 2.99. The zero-order valence-corrected chi connectivity index (χ0v) is 10.9. The van der Waals surface area contributed by atoms with E-state index >= 15 is 0 Å². The fourth-order valence-corrected chi connectivity index (χ4v) is 1.84. The lowest BCUT2D eigenvalue weighted by molar-refractivity contribution is 0.00719. The molecular weight excluding hydrogens is 226 g/mol. The Hall–Kier alpha value is -2.03. The van der Waals surface area contributed by atoms with Crippen LogP contribution in [0.15, 0.2) is 36.4 Å². The number of ether oxygens (including phenoxy) is 1. The van der Waals surface area contributed by atoms with Gasteiger partial charge in [-0.3, -0.25) is 0 Å². The highest BCUT2D eigenvalue weighted by Gasteiger charge is 2.19. The van der Waals surface area contributed by atoms with E-state index in [-0.39, 0.29) is 5.97 Å². The highest BCUT2D eigenvalue weighted by atomic mass is 16.6. The number of benzene rings is 2. The molecular formula is C15H17NO2. The lowest BCUT2D eigenvalue weighted by Gasteiger charge is -2.20. The number of anilines is 1. The first-order valence-corrected chi connectivity index (χ1v) is 5.88. The Morgan fingerprint density at radius 2 is 1.83 bits per heavy atom. The average molecular weight is 243 g/mol. The number of hydrogen-bond acceptors (Lipinski definition) is 3. The number of carbonyl (C=O) groups excluding carboxylic acids is 1. The molecule has 94 valence electrons. The smallest absolute Gasteiger partial charge is 0.339 e. The van der Waals surface area contributed by atoms with Crippen LogP contribution in [0.5, 0.6) is 0 Å². The Labute approximate surface area is 107 Å². The molecule has 0 aliphatic heterocycles. The molecule has 0 bridgehead atoms. The third-order valence-electron chi connectivity index (χ3n) is 2.50. The zero-order chi connectivity index (χ0) is 13.3. The van der Waals surface area contributed by atoms with Crippen molar-refractivity contribution in [3.05, 3.63) is 42.0 Å². The van der Waals surface area contributed by atoms with Crippen molar-refractivity contribution < 1.29 is 9.53 Å². The molecule has 3 nitrogen and oxygen atoms in total.